The molecule has 0 aromatic carbocycles. The molecule has 0 radical (unpaired) electrons. The molecule has 0 amide bonds. The van der Waals surface area contributed by atoms with Gasteiger partial charge in [0.15, 0.2) is 0 Å². The van der Waals surface area contributed by atoms with Gasteiger partial charge in [-0.2, -0.15) is 0 Å². The summed E-state index contributed by atoms with van der Waals surface area (Å²) < 4.78 is -3.81. The molecule has 0 aliphatic rings. The van der Waals surface area contributed by atoms with Gasteiger partial charge in [0.1, 0.15) is 11.7 Å². The van der Waals surface area contributed by atoms with Gasteiger partial charge in [0.2, 0.25) is 7.59 Å². The van der Waals surface area contributed by atoms with Crippen LogP contribution in [-0.4, -0.2) is 13.4 Å². The van der Waals surface area contributed by atoms with Crippen LogP contribution in [0.2, 0.25) is 0 Å². The third kappa shape index (κ3) is 4.08. The normalized spacial score (nSPS) is 13.7. The number of carbonyl (C=O) groups is 1. The molecule has 0 heterocycles. The average molecular weight is 293 g/mol. The van der Waals surface area contributed by atoms with Crippen LogP contribution in [0, 0.1) is 5.92 Å². The molecular weight excluding hydrogens is 289 g/mol. The van der Waals surface area contributed by atoms with E-state index in [2.05, 4.69) is 0 Å². The molecule has 0 unspecified atom stereocenters. The molecule has 0 atom stereocenters. The van der Waals surface area contributed by atoms with Crippen LogP contribution >= 0.6 is 69.6 Å². The number of hydrogen-bond acceptors (Lipinski definition) is 1. The van der Waals surface area contributed by atoms with E-state index in [1.54, 1.807) is 0 Å². The molecule has 0 bridgehead atoms. The van der Waals surface area contributed by atoms with E-state index in [9.17, 15) is 4.79 Å². The Morgan fingerprint density at radius 2 is 1.25 bits per heavy atom. The third-order valence-corrected chi connectivity index (χ3v) is 2.37. The van der Waals surface area contributed by atoms with Gasteiger partial charge in [0, 0.05) is 0 Å². The molecule has 0 aliphatic carbocycles. The smallest absolute Gasteiger partial charge is 0.204 e. The minimum atomic E-state index is -1.91. The Morgan fingerprint density at radius 1 is 1.00 bits per heavy atom. The van der Waals surface area contributed by atoms with Crippen LogP contribution in [-0.2, 0) is 4.79 Å². The van der Waals surface area contributed by atoms with Crippen molar-refractivity contribution in [3.8, 4) is 0 Å². The van der Waals surface area contributed by atoms with Crippen LogP contribution in [0.4, 0.5) is 0 Å². The van der Waals surface area contributed by atoms with Crippen molar-refractivity contribution in [1.82, 2.24) is 0 Å². The van der Waals surface area contributed by atoms with E-state index < -0.39 is 19.3 Å². The van der Waals surface area contributed by atoms with Gasteiger partial charge < -0.3 is 0 Å². The minimum absolute atomic E-state index is 0.491. The van der Waals surface area contributed by atoms with E-state index in [4.69, 9.17) is 69.6 Å². The maximum atomic E-state index is 10.9. The Labute approximate surface area is 100 Å². The summed E-state index contributed by atoms with van der Waals surface area (Å²) in [7, 11) is 0. The molecule has 1 nitrogen and oxygen atoms in total. The maximum Gasteiger partial charge on any atom is 0.204 e. The van der Waals surface area contributed by atoms with Gasteiger partial charge in [-0.15, -0.1) is 0 Å². The lowest BCUT2D eigenvalue weighted by Gasteiger charge is -2.27. The second-order valence-electron chi connectivity index (χ2n) is 2.13. The van der Waals surface area contributed by atoms with Crippen molar-refractivity contribution >= 4 is 75.4 Å². The molecule has 0 saturated carbocycles. The first-order chi connectivity index (χ1) is 5.07. The first kappa shape index (κ1) is 13.4. The van der Waals surface area contributed by atoms with Crippen LogP contribution in [0.3, 0.4) is 0 Å². The summed E-state index contributed by atoms with van der Waals surface area (Å²) in [5.41, 5.74) is 0. The van der Waals surface area contributed by atoms with Crippen LogP contribution < -0.4 is 0 Å². The van der Waals surface area contributed by atoms with Crippen molar-refractivity contribution in [3.05, 3.63) is 0 Å². The van der Waals surface area contributed by atoms with Crippen molar-refractivity contribution in [3.63, 3.8) is 0 Å². The summed E-state index contributed by atoms with van der Waals surface area (Å²) in [6.45, 7) is 1.19. The van der Waals surface area contributed by atoms with Crippen molar-refractivity contribution in [2.24, 2.45) is 5.92 Å². The van der Waals surface area contributed by atoms with Crippen molar-refractivity contribution in [2.75, 3.05) is 0 Å². The van der Waals surface area contributed by atoms with Crippen LogP contribution in [0.1, 0.15) is 6.92 Å². The SMILES string of the molecule is CC(=O)C(C(Cl)(Cl)Cl)C(Cl)(Cl)Cl. The summed E-state index contributed by atoms with van der Waals surface area (Å²) in [6, 6.07) is 0. The fourth-order valence-electron chi connectivity index (χ4n) is 0.647. The van der Waals surface area contributed by atoms with Crippen LogP contribution in [0.15, 0.2) is 0 Å². The zero-order valence-electron chi connectivity index (χ0n) is 5.75. The molecule has 72 valence electrons. The van der Waals surface area contributed by atoms with Gasteiger partial charge in [-0.05, 0) is 6.92 Å². The predicted octanol–water partition coefficient (Wildman–Crippen LogP) is 3.93. The summed E-state index contributed by atoms with van der Waals surface area (Å²) in [6.07, 6.45) is 0. The number of carbonyl (C=O) groups excluding carboxylic acids is 1. The molecule has 0 spiro atoms. The maximum absolute atomic E-state index is 10.9. The van der Waals surface area contributed by atoms with E-state index in [1.165, 1.54) is 6.92 Å². The molecule has 0 aliphatic heterocycles. The highest BCUT2D eigenvalue weighted by Crippen LogP contribution is 2.48. The van der Waals surface area contributed by atoms with E-state index in [1.807, 2.05) is 0 Å². The Kier molecular flexibility index (Phi) is 4.79. The monoisotopic (exact) mass is 290 g/mol. The number of ketones is 1. The quantitative estimate of drug-likeness (QED) is 0.669. The lowest BCUT2D eigenvalue weighted by molar-refractivity contribution is -0.120. The van der Waals surface area contributed by atoms with Crippen molar-refractivity contribution in [2.45, 2.75) is 14.5 Å². The van der Waals surface area contributed by atoms with Crippen LogP contribution in [0.5, 0.6) is 0 Å². The first-order valence-electron chi connectivity index (χ1n) is 2.70. The Morgan fingerprint density at radius 3 is 1.25 bits per heavy atom. The highest BCUT2D eigenvalue weighted by atomic mass is 35.6. The van der Waals surface area contributed by atoms with E-state index in [0.29, 0.717) is 0 Å². The fourth-order valence-corrected chi connectivity index (χ4v) is 3.05. The Hall–Kier alpha value is 1.41. The number of hydrogen-bond donors (Lipinski definition) is 0. The van der Waals surface area contributed by atoms with E-state index in [-0.39, 0.29) is 0 Å². The van der Waals surface area contributed by atoms with Gasteiger partial charge in [-0.1, -0.05) is 69.6 Å². The molecule has 0 aromatic heterocycles. The number of rotatable bonds is 1. The average Bonchev–Trinajstić information content (AvgIpc) is 1.49. The van der Waals surface area contributed by atoms with Gasteiger partial charge in [-0.25, -0.2) is 0 Å². The second kappa shape index (κ2) is 4.29. The van der Waals surface area contributed by atoms with Gasteiger partial charge >= 0.3 is 0 Å². The summed E-state index contributed by atoms with van der Waals surface area (Å²) in [4.78, 5) is 10.9. The van der Waals surface area contributed by atoms with Crippen molar-refractivity contribution in [1.29, 1.82) is 0 Å². The van der Waals surface area contributed by atoms with Gasteiger partial charge in [-0.3, -0.25) is 4.79 Å². The molecule has 12 heavy (non-hydrogen) atoms. The second-order valence-corrected chi connectivity index (χ2v) is 6.86. The highest BCUT2D eigenvalue weighted by molar-refractivity contribution is 6.73. The molecule has 0 N–H and O–H groups in total. The van der Waals surface area contributed by atoms with Crippen molar-refractivity contribution < 1.29 is 4.79 Å². The zero-order valence-corrected chi connectivity index (χ0v) is 10.3. The van der Waals surface area contributed by atoms with Gasteiger partial charge in [0.25, 0.3) is 0 Å². The van der Waals surface area contributed by atoms with Gasteiger partial charge in [0.05, 0.1) is 0 Å². The fraction of sp³-hybridized carbons (Fsp3) is 0.800. The van der Waals surface area contributed by atoms with E-state index in [0.717, 1.165) is 0 Å². The Bertz CT molecular complexity index is 163. The zero-order chi connectivity index (χ0) is 10.2. The number of alkyl halides is 6. The highest BCUT2D eigenvalue weighted by Gasteiger charge is 2.49. The predicted molar refractivity (Wildman–Crippen MR) is 54.8 cm³/mol. The number of halogens is 6. The molecule has 0 fully saturated rings. The molecule has 7 heteroatoms. The molecule has 0 rings (SSSR count). The molecule has 0 saturated heterocycles. The molecular formula is C5H4Cl6O. The third-order valence-electron chi connectivity index (χ3n) is 1.06. The Balaban J connectivity index is 4.82. The first-order valence-corrected chi connectivity index (χ1v) is 4.97. The van der Waals surface area contributed by atoms with E-state index >= 15 is 0 Å². The summed E-state index contributed by atoms with van der Waals surface area (Å²) >= 11 is 32.6. The summed E-state index contributed by atoms with van der Waals surface area (Å²) in [5, 5.41) is 0. The minimum Gasteiger partial charge on any atom is -0.299 e. The lowest BCUT2D eigenvalue weighted by Crippen LogP contribution is -2.37. The topological polar surface area (TPSA) is 17.1 Å². The standard InChI is InChI=1S/C5H4Cl6O/c1-2(12)3(4(6,7)8)5(9,10)11/h3H,1H3. The summed E-state index contributed by atoms with van der Waals surface area (Å²) in [5.74, 6) is -1.75. The number of Topliss-reactive ketones (excluding diaryl/α,β-unsaturated/α-hetero) is 1. The molecule has 0 aromatic rings. The lowest BCUT2D eigenvalue weighted by atomic mass is 10.1. The largest absolute Gasteiger partial charge is 0.299 e. The van der Waals surface area contributed by atoms with Crippen LogP contribution in [0.25, 0.3) is 0 Å².